The third-order valence-electron chi connectivity index (χ3n) is 6.82. The zero-order chi connectivity index (χ0) is 23.0. The van der Waals surface area contributed by atoms with Crippen LogP contribution in [0.15, 0.2) is 103 Å². The Balaban J connectivity index is 1.82. The van der Waals surface area contributed by atoms with E-state index in [0.717, 1.165) is 38.4 Å². The Morgan fingerprint density at radius 2 is 1.18 bits per heavy atom. The maximum absolute atomic E-state index is 11.1. The van der Waals surface area contributed by atoms with Gasteiger partial charge in [0.25, 0.3) is 8.32 Å². The number of aromatic hydroxyl groups is 1. The van der Waals surface area contributed by atoms with Gasteiger partial charge in [0.15, 0.2) is 0 Å². The molecule has 0 bridgehead atoms. The third kappa shape index (κ3) is 3.69. The summed E-state index contributed by atoms with van der Waals surface area (Å²) in [5.41, 5.74) is 2.14. The van der Waals surface area contributed by atoms with Crippen LogP contribution < -0.4 is 9.61 Å². The summed E-state index contributed by atoms with van der Waals surface area (Å²) in [6.45, 7) is 6.78. The Morgan fingerprint density at radius 3 is 1.82 bits per heavy atom. The molecular formula is C30H28O2Si. The molecule has 0 saturated heterocycles. The first-order valence-electron chi connectivity index (χ1n) is 11.5. The van der Waals surface area contributed by atoms with Crippen molar-refractivity contribution in [3.05, 3.63) is 103 Å². The molecule has 5 rings (SSSR count). The quantitative estimate of drug-likeness (QED) is 0.280. The summed E-state index contributed by atoms with van der Waals surface area (Å²) in [4.78, 5) is 0. The normalized spacial score (nSPS) is 13.3. The molecule has 0 aliphatic heterocycles. The molecule has 0 amide bonds. The predicted molar refractivity (Wildman–Crippen MR) is 142 cm³/mol. The minimum absolute atomic E-state index is 0.266. The van der Waals surface area contributed by atoms with E-state index in [4.69, 9.17) is 4.43 Å². The summed E-state index contributed by atoms with van der Waals surface area (Å²) in [5.74, 6) is 1.09. The van der Waals surface area contributed by atoms with Crippen molar-refractivity contribution in [2.75, 3.05) is 0 Å². The van der Waals surface area contributed by atoms with Crippen molar-refractivity contribution in [1.29, 1.82) is 0 Å². The van der Waals surface area contributed by atoms with E-state index < -0.39 is 8.32 Å². The van der Waals surface area contributed by atoms with E-state index in [0.29, 0.717) is 5.54 Å². The van der Waals surface area contributed by atoms with Gasteiger partial charge < -0.3 is 9.53 Å². The maximum atomic E-state index is 11.1. The van der Waals surface area contributed by atoms with Gasteiger partial charge in [-0.25, -0.2) is 0 Å². The molecule has 33 heavy (non-hydrogen) atoms. The molecule has 0 aromatic heterocycles. The van der Waals surface area contributed by atoms with Crippen LogP contribution in [0.1, 0.15) is 13.8 Å². The summed E-state index contributed by atoms with van der Waals surface area (Å²) >= 11 is 0. The lowest BCUT2D eigenvalue weighted by molar-refractivity contribution is 0.477. The molecule has 5 aromatic rings. The summed E-state index contributed by atoms with van der Waals surface area (Å²) in [6.07, 6.45) is 0. The molecule has 2 nitrogen and oxygen atoms in total. The van der Waals surface area contributed by atoms with Crippen molar-refractivity contribution in [1.82, 2.24) is 0 Å². The maximum Gasteiger partial charge on any atom is 0.282 e. The monoisotopic (exact) mass is 448 g/mol. The first-order chi connectivity index (χ1) is 16.0. The van der Waals surface area contributed by atoms with E-state index in [9.17, 15) is 5.11 Å². The second kappa shape index (κ2) is 8.42. The minimum atomic E-state index is -2.36. The Labute approximate surface area is 196 Å². The van der Waals surface area contributed by atoms with E-state index in [1.807, 2.05) is 36.4 Å². The SMILES string of the molecule is CC(C)[Si](C)(Oc1ccc2ccccc2c1-c1c(O)ccc2ccccc12)c1ccccc1. The zero-order valence-corrected chi connectivity index (χ0v) is 20.2. The van der Waals surface area contributed by atoms with Crippen LogP contribution in [0.3, 0.4) is 0 Å². The van der Waals surface area contributed by atoms with Crippen LogP contribution in [-0.4, -0.2) is 13.4 Å². The van der Waals surface area contributed by atoms with Crippen molar-refractivity contribution >= 4 is 35.0 Å². The number of phenolic OH excluding ortho intramolecular Hbond substituents is 1. The molecule has 0 spiro atoms. The van der Waals surface area contributed by atoms with Gasteiger partial charge in [0.1, 0.15) is 11.5 Å². The number of rotatable bonds is 5. The second-order valence-electron chi connectivity index (χ2n) is 9.07. The van der Waals surface area contributed by atoms with Gasteiger partial charge >= 0.3 is 0 Å². The fourth-order valence-electron chi connectivity index (χ4n) is 4.62. The van der Waals surface area contributed by atoms with Crippen molar-refractivity contribution in [3.8, 4) is 22.6 Å². The van der Waals surface area contributed by atoms with Crippen molar-refractivity contribution in [3.63, 3.8) is 0 Å². The minimum Gasteiger partial charge on any atom is -0.539 e. The Morgan fingerprint density at radius 1 is 0.636 bits per heavy atom. The van der Waals surface area contributed by atoms with Gasteiger partial charge in [-0.2, -0.15) is 0 Å². The molecule has 5 aromatic carbocycles. The van der Waals surface area contributed by atoms with Crippen LogP contribution >= 0.6 is 0 Å². The Hall–Kier alpha value is -3.56. The molecule has 0 radical (unpaired) electrons. The van der Waals surface area contributed by atoms with Crippen LogP contribution in [0.5, 0.6) is 11.5 Å². The summed E-state index contributed by atoms with van der Waals surface area (Å²) < 4.78 is 7.07. The van der Waals surface area contributed by atoms with Gasteiger partial charge in [-0.1, -0.05) is 105 Å². The molecule has 0 saturated carbocycles. The molecule has 0 heterocycles. The number of hydrogen-bond donors (Lipinski definition) is 1. The molecule has 164 valence electrons. The number of phenols is 1. The average Bonchev–Trinajstić information content (AvgIpc) is 2.85. The summed E-state index contributed by atoms with van der Waals surface area (Å²) in [5, 5.41) is 16.7. The predicted octanol–water partition coefficient (Wildman–Crippen LogP) is 7.64. The molecule has 0 aliphatic carbocycles. The van der Waals surface area contributed by atoms with Gasteiger partial charge in [0.05, 0.1) is 0 Å². The fourth-order valence-corrected chi connectivity index (χ4v) is 7.13. The van der Waals surface area contributed by atoms with Gasteiger partial charge in [0.2, 0.25) is 0 Å². The van der Waals surface area contributed by atoms with Crippen molar-refractivity contribution < 1.29 is 9.53 Å². The number of hydrogen-bond acceptors (Lipinski definition) is 2. The Kier molecular flexibility index (Phi) is 5.43. The van der Waals surface area contributed by atoms with Gasteiger partial charge in [0, 0.05) is 11.1 Å². The molecular weight excluding hydrogens is 420 g/mol. The number of benzene rings is 5. The van der Waals surface area contributed by atoms with E-state index in [-0.39, 0.29) is 5.75 Å². The molecule has 1 unspecified atom stereocenters. The van der Waals surface area contributed by atoms with Crippen molar-refractivity contribution in [2.24, 2.45) is 0 Å². The number of fused-ring (bicyclic) bond motifs is 2. The second-order valence-corrected chi connectivity index (χ2v) is 13.2. The molecule has 0 aliphatic rings. The Bertz CT molecular complexity index is 1440. The standard InChI is InChI=1S/C30H28O2Si/c1-21(2)33(3,24-13-5-4-6-14-24)32-28-20-18-23-12-8-10-16-26(23)30(28)29-25-15-9-7-11-22(25)17-19-27(29)31/h4-21,31H,1-3H3. The van der Waals surface area contributed by atoms with Crippen LogP contribution in [0.2, 0.25) is 12.1 Å². The van der Waals surface area contributed by atoms with Crippen LogP contribution in [0, 0.1) is 0 Å². The fraction of sp³-hybridized carbons (Fsp3) is 0.133. The lowest BCUT2D eigenvalue weighted by Crippen LogP contribution is -2.53. The highest BCUT2D eigenvalue weighted by atomic mass is 28.4. The highest BCUT2D eigenvalue weighted by molar-refractivity contribution is 6.87. The molecule has 0 fully saturated rings. The van der Waals surface area contributed by atoms with Crippen molar-refractivity contribution in [2.45, 2.75) is 25.9 Å². The highest BCUT2D eigenvalue weighted by Gasteiger charge is 2.38. The van der Waals surface area contributed by atoms with Gasteiger partial charge in [-0.3, -0.25) is 0 Å². The van der Waals surface area contributed by atoms with Gasteiger partial charge in [-0.05, 0) is 51.0 Å². The van der Waals surface area contributed by atoms with E-state index in [1.165, 1.54) is 5.19 Å². The molecule has 1 atom stereocenters. The highest BCUT2D eigenvalue weighted by Crippen LogP contribution is 2.46. The lowest BCUT2D eigenvalue weighted by atomic mass is 9.92. The summed E-state index contributed by atoms with van der Waals surface area (Å²) in [6, 6.07) is 35.1. The zero-order valence-electron chi connectivity index (χ0n) is 19.2. The van der Waals surface area contributed by atoms with E-state index in [1.54, 1.807) is 6.07 Å². The van der Waals surface area contributed by atoms with E-state index in [2.05, 4.69) is 81.1 Å². The van der Waals surface area contributed by atoms with Gasteiger partial charge in [-0.15, -0.1) is 0 Å². The first kappa shape index (κ1) is 21.3. The van der Waals surface area contributed by atoms with Crippen LogP contribution in [0.25, 0.3) is 32.7 Å². The summed E-state index contributed by atoms with van der Waals surface area (Å²) in [7, 11) is -2.36. The lowest BCUT2D eigenvalue weighted by Gasteiger charge is -2.34. The topological polar surface area (TPSA) is 29.5 Å². The van der Waals surface area contributed by atoms with Crippen LogP contribution in [0.4, 0.5) is 0 Å². The molecule has 1 N–H and O–H groups in total. The first-order valence-corrected chi connectivity index (χ1v) is 13.9. The van der Waals surface area contributed by atoms with E-state index >= 15 is 0 Å². The van der Waals surface area contributed by atoms with Crippen LogP contribution in [-0.2, 0) is 0 Å². The smallest absolute Gasteiger partial charge is 0.282 e. The molecule has 3 heteroatoms. The average molecular weight is 449 g/mol. The largest absolute Gasteiger partial charge is 0.539 e. The third-order valence-corrected chi connectivity index (χ3v) is 11.1.